The fourth-order valence-corrected chi connectivity index (χ4v) is 4.62. The second kappa shape index (κ2) is 8.74. The first-order chi connectivity index (χ1) is 13.0. The summed E-state index contributed by atoms with van der Waals surface area (Å²) in [5.41, 5.74) is 2.21. The normalized spacial score (nSPS) is 19.9. The molecule has 2 atom stereocenters. The van der Waals surface area contributed by atoms with E-state index in [0.29, 0.717) is 24.4 Å². The number of amides is 1. The number of carbonyl (C=O) groups is 1. The van der Waals surface area contributed by atoms with E-state index in [-0.39, 0.29) is 5.91 Å². The molecule has 0 N–H and O–H groups in total. The molecule has 27 heavy (non-hydrogen) atoms. The van der Waals surface area contributed by atoms with E-state index >= 15 is 0 Å². The van der Waals surface area contributed by atoms with E-state index in [0.717, 1.165) is 29.4 Å². The molecule has 5 nitrogen and oxygen atoms in total. The van der Waals surface area contributed by atoms with Gasteiger partial charge in [0.25, 0.3) is 0 Å². The summed E-state index contributed by atoms with van der Waals surface area (Å²) < 4.78 is 2.03. The summed E-state index contributed by atoms with van der Waals surface area (Å²) >= 11 is 1.46. The number of piperidine rings is 1. The lowest BCUT2D eigenvalue weighted by atomic mass is 9.98. The van der Waals surface area contributed by atoms with Crippen molar-refractivity contribution in [3.63, 3.8) is 0 Å². The van der Waals surface area contributed by atoms with Gasteiger partial charge in [0.15, 0.2) is 11.0 Å². The van der Waals surface area contributed by atoms with Crippen LogP contribution in [0.25, 0.3) is 11.4 Å². The van der Waals surface area contributed by atoms with Crippen LogP contribution in [0.5, 0.6) is 0 Å². The number of hydrogen-bond donors (Lipinski definition) is 0. The van der Waals surface area contributed by atoms with E-state index in [2.05, 4.69) is 49.7 Å². The first-order valence-corrected chi connectivity index (χ1v) is 10.5. The molecule has 3 rings (SSSR count). The number of likely N-dealkylation sites (tertiary alicyclic amines) is 1. The van der Waals surface area contributed by atoms with Gasteiger partial charge in [0, 0.05) is 24.2 Å². The Balaban J connectivity index is 1.77. The van der Waals surface area contributed by atoms with Gasteiger partial charge in [-0.2, -0.15) is 0 Å². The molecule has 6 heteroatoms. The molecule has 0 bridgehead atoms. The summed E-state index contributed by atoms with van der Waals surface area (Å²) in [5.74, 6) is 1.39. The van der Waals surface area contributed by atoms with Gasteiger partial charge in [-0.15, -0.1) is 16.8 Å². The molecule has 1 aliphatic rings. The lowest BCUT2D eigenvalue weighted by Crippen LogP contribution is -2.48. The summed E-state index contributed by atoms with van der Waals surface area (Å²) in [4.78, 5) is 14.9. The largest absolute Gasteiger partial charge is 0.337 e. The van der Waals surface area contributed by atoms with Crippen LogP contribution in [0.1, 0.15) is 38.7 Å². The van der Waals surface area contributed by atoms with Crippen molar-refractivity contribution in [1.82, 2.24) is 19.7 Å². The lowest BCUT2D eigenvalue weighted by Gasteiger charge is -2.39. The number of nitrogens with zero attached hydrogens (tertiary/aromatic N) is 4. The first-order valence-electron chi connectivity index (χ1n) is 9.56. The van der Waals surface area contributed by atoms with E-state index in [1.807, 2.05) is 27.7 Å². The standard InChI is InChI=1S/C21H28N4OS/c1-5-12-24-20(18-11-6-8-15(2)13-18)22-23-21(24)27-14-19(26)25-16(3)9-7-10-17(25)4/h5-6,8,11,13,16-17H,1,7,9-10,12,14H2,2-4H3. The fourth-order valence-electron chi connectivity index (χ4n) is 3.80. The maximum atomic E-state index is 12.8. The van der Waals surface area contributed by atoms with E-state index in [1.165, 1.54) is 23.7 Å². The van der Waals surface area contributed by atoms with Crippen molar-refractivity contribution in [3.05, 3.63) is 42.5 Å². The van der Waals surface area contributed by atoms with Crippen LogP contribution in [0.4, 0.5) is 0 Å². The molecule has 1 amide bonds. The van der Waals surface area contributed by atoms with Crippen molar-refractivity contribution in [2.75, 3.05) is 5.75 Å². The topological polar surface area (TPSA) is 51.0 Å². The highest BCUT2D eigenvalue weighted by Crippen LogP contribution is 2.27. The van der Waals surface area contributed by atoms with Gasteiger partial charge in [-0.1, -0.05) is 41.6 Å². The minimum absolute atomic E-state index is 0.185. The summed E-state index contributed by atoms with van der Waals surface area (Å²) in [6.07, 6.45) is 5.21. The van der Waals surface area contributed by atoms with Crippen molar-refractivity contribution in [2.24, 2.45) is 0 Å². The summed E-state index contributed by atoms with van der Waals surface area (Å²) in [5, 5.41) is 9.50. The van der Waals surface area contributed by atoms with E-state index in [9.17, 15) is 4.79 Å². The second-order valence-corrected chi connectivity index (χ2v) is 8.24. The van der Waals surface area contributed by atoms with Crippen LogP contribution in [-0.4, -0.2) is 43.4 Å². The van der Waals surface area contributed by atoms with Crippen LogP contribution >= 0.6 is 11.8 Å². The maximum Gasteiger partial charge on any atom is 0.233 e. The van der Waals surface area contributed by atoms with Crippen LogP contribution in [0.3, 0.4) is 0 Å². The maximum absolute atomic E-state index is 12.8. The molecule has 1 aromatic heterocycles. The van der Waals surface area contributed by atoms with Gasteiger partial charge >= 0.3 is 0 Å². The molecule has 1 saturated heterocycles. The van der Waals surface area contributed by atoms with Gasteiger partial charge in [0.2, 0.25) is 5.91 Å². The van der Waals surface area contributed by atoms with Crippen molar-refractivity contribution < 1.29 is 4.79 Å². The first kappa shape index (κ1) is 19.7. The smallest absolute Gasteiger partial charge is 0.233 e. The van der Waals surface area contributed by atoms with Gasteiger partial charge in [-0.05, 0) is 46.1 Å². The predicted octanol–water partition coefficient (Wildman–Crippen LogP) is 4.32. The third-order valence-corrected chi connectivity index (χ3v) is 6.06. The Morgan fingerprint density at radius 2 is 2.04 bits per heavy atom. The van der Waals surface area contributed by atoms with Gasteiger partial charge in [-0.3, -0.25) is 9.36 Å². The Bertz CT molecular complexity index is 806. The number of allylic oxidation sites excluding steroid dienone is 1. The third kappa shape index (κ3) is 4.43. The predicted molar refractivity (Wildman–Crippen MR) is 111 cm³/mol. The van der Waals surface area contributed by atoms with Gasteiger partial charge < -0.3 is 4.90 Å². The molecule has 0 saturated carbocycles. The zero-order chi connectivity index (χ0) is 19.4. The number of hydrogen-bond acceptors (Lipinski definition) is 4. The summed E-state index contributed by atoms with van der Waals surface area (Å²) in [6, 6.07) is 8.85. The summed E-state index contributed by atoms with van der Waals surface area (Å²) in [6.45, 7) is 10.8. The van der Waals surface area contributed by atoms with Crippen LogP contribution in [0.2, 0.25) is 0 Å². The SMILES string of the molecule is C=CCn1c(SCC(=O)N2C(C)CCCC2C)nnc1-c1cccc(C)c1. The van der Waals surface area contributed by atoms with Gasteiger partial charge in [0.1, 0.15) is 0 Å². The number of rotatable bonds is 6. The molecule has 0 radical (unpaired) electrons. The van der Waals surface area contributed by atoms with Crippen LogP contribution < -0.4 is 0 Å². The fraction of sp³-hybridized carbons (Fsp3) is 0.476. The van der Waals surface area contributed by atoms with Crippen molar-refractivity contribution in [2.45, 2.75) is 63.8 Å². The van der Waals surface area contributed by atoms with E-state index in [4.69, 9.17) is 0 Å². The molecule has 144 valence electrons. The Morgan fingerprint density at radius 3 is 2.70 bits per heavy atom. The quantitative estimate of drug-likeness (QED) is 0.550. The van der Waals surface area contributed by atoms with Crippen molar-refractivity contribution in [3.8, 4) is 11.4 Å². The number of benzene rings is 1. The monoisotopic (exact) mass is 384 g/mol. The van der Waals surface area contributed by atoms with Gasteiger partial charge in [-0.25, -0.2) is 0 Å². The molecule has 0 aliphatic carbocycles. The molecular weight excluding hydrogens is 356 g/mol. The van der Waals surface area contributed by atoms with Crippen LogP contribution in [-0.2, 0) is 11.3 Å². The van der Waals surface area contributed by atoms with Crippen molar-refractivity contribution >= 4 is 17.7 Å². The average Bonchev–Trinajstić information content (AvgIpc) is 3.03. The minimum atomic E-state index is 0.185. The Morgan fingerprint density at radius 1 is 1.30 bits per heavy atom. The number of thioether (sulfide) groups is 1. The Kier molecular flexibility index (Phi) is 6.37. The zero-order valence-electron chi connectivity index (χ0n) is 16.4. The molecule has 1 aromatic carbocycles. The molecule has 2 unspecified atom stereocenters. The highest BCUT2D eigenvalue weighted by atomic mass is 32.2. The molecule has 2 aromatic rings. The van der Waals surface area contributed by atoms with Crippen LogP contribution in [0.15, 0.2) is 42.1 Å². The number of aryl methyl sites for hydroxylation is 1. The highest BCUT2D eigenvalue weighted by Gasteiger charge is 2.29. The minimum Gasteiger partial charge on any atom is -0.337 e. The number of carbonyl (C=O) groups excluding carboxylic acids is 1. The molecule has 1 fully saturated rings. The third-order valence-electron chi connectivity index (χ3n) is 5.11. The second-order valence-electron chi connectivity index (χ2n) is 7.29. The van der Waals surface area contributed by atoms with E-state index in [1.54, 1.807) is 0 Å². The Labute approximate surface area is 165 Å². The van der Waals surface area contributed by atoms with Crippen molar-refractivity contribution in [1.29, 1.82) is 0 Å². The molecule has 2 heterocycles. The Hall–Kier alpha value is -2.08. The highest BCUT2D eigenvalue weighted by molar-refractivity contribution is 7.99. The molecule has 1 aliphatic heterocycles. The van der Waals surface area contributed by atoms with E-state index < -0.39 is 0 Å². The summed E-state index contributed by atoms with van der Waals surface area (Å²) in [7, 11) is 0. The van der Waals surface area contributed by atoms with Gasteiger partial charge in [0.05, 0.1) is 5.75 Å². The van der Waals surface area contributed by atoms with Crippen LogP contribution in [0, 0.1) is 6.92 Å². The zero-order valence-corrected chi connectivity index (χ0v) is 17.2. The average molecular weight is 385 g/mol. The number of aromatic nitrogens is 3. The lowest BCUT2D eigenvalue weighted by molar-refractivity contribution is -0.134. The molecule has 0 spiro atoms. The molecular formula is C21H28N4OS.